The molecule has 0 spiro atoms. The number of ether oxygens (including phenoxy) is 2. The van der Waals surface area contributed by atoms with Crippen molar-refractivity contribution < 1.29 is 14.0 Å². The predicted octanol–water partition coefficient (Wildman–Crippen LogP) is 1.80. The summed E-state index contributed by atoms with van der Waals surface area (Å²) < 4.78 is 16.4. The van der Waals surface area contributed by atoms with E-state index in [0.29, 0.717) is 31.5 Å². The van der Waals surface area contributed by atoms with Crippen molar-refractivity contribution in [1.82, 2.24) is 10.1 Å². The van der Waals surface area contributed by atoms with Gasteiger partial charge in [-0.15, -0.1) is 0 Å². The molecule has 2 unspecified atom stereocenters. The molecule has 2 heterocycles. The maximum absolute atomic E-state index is 6.19. The highest BCUT2D eigenvalue weighted by Gasteiger charge is 2.33. The van der Waals surface area contributed by atoms with Gasteiger partial charge in [-0.3, -0.25) is 0 Å². The van der Waals surface area contributed by atoms with Gasteiger partial charge in [0.05, 0.1) is 6.61 Å². The van der Waals surface area contributed by atoms with Crippen LogP contribution in [0.3, 0.4) is 0 Å². The van der Waals surface area contributed by atoms with Gasteiger partial charge in [-0.2, -0.15) is 4.98 Å². The van der Waals surface area contributed by atoms with Crippen LogP contribution in [0.5, 0.6) is 5.75 Å². The molecule has 2 atom stereocenters. The number of rotatable bonds is 5. The third-order valence-corrected chi connectivity index (χ3v) is 3.56. The van der Waals surface area contributed by atoms with Crippen molar-refractivity contribution in [3.8, 4) is 5.75 Å². The molecule has 0 saturated heterocycles. The zero-order valence-corrected chi connectivity index (χ0v) is 12.2. The Morgan fingerprint density at radius 3 is 3.05 bits per heavy atom. The van der Waals surface area contributed by atoms with Crippen LogP contribution in [0, 0.1) is 0 Å². The van der Waals surface area contributed by atoms with E-state index < -0.39 is 5.54 Å². The first-order valence-electron chi connectivity index (χ1n) is 7.04. The van der Waals surface area contributed by atoms with Gasteiger partial charge in [0.1, 0.15) is 23.8 Å². The Balaban J connectivity index is 1.83. The summed E-state index contributed by atoms with van der Waals surface area (Å²) in [5.41, 5.74) is 6.49. The smallest absolute Gasteiger partial charge is 0.237 e. The number of hydrogen-bond donors (Lipinski definition) is 1. The molecular weight excluding hydrogens is 270 g/mol. The van der Waals surface area contributed by atoms with Crippen molar-refractivity contribution in [1.29, 1.82) is 0 Å². The fraction of sp³-hybridized carbons (Fsp3) is 0.467. The lowest BCUT2D eigenvalue weighted by atomic mass is 10.0. The molecule has 1 aliphatic rings. The number of benzene rings is 1. The second kappa shape index (κ2) is 5.46. The Morgan fingerprint density at radius 2 is 2.24 bits per heavy atom. The number of fused-ring (bicyclic) bond motifs is 1. The topological polar surface area (TPSA) is 83.4 Å². The van der Waals surface area contributed by atoms with Crippen molar-refractivity contribution in [3.05, 3.63) is 41.5 Å². The normalized spacial score (nSPS) is 19.9. The second-order valence-electron chi connectivity index (χ2n) is 5.41. The summed E-state index contributed by atoms with van der Waals surface area (Å²) in [6.07, 6.45) is 0. The van der Waals surface area contributed by atoms with Crippen LogP contribution < -0.4 is 10.5 Å². The van der Waals surface area contributed by atoms with E-state index in [2.05, 4.69) is 10.1 Å². The van der Waals surface area contributed by atoms with Gasteiger partial charge in [-0.05, 0) is 19.9 Å². The minimum Gasteiger partial charge on any atom is -0.492 e. The molecule has 112 valence electrons. The van der Waals surface area contributed by atoms with E-state index in [9.17, 15) is 0 Å². The molecule has 0 aliphatic carbocycles. The van der Waals surface area contributed by atoms with Crippen LogP contribution >= 0.6 is 0 Å². The average molecular weight is 289 g/mol. The van der Waals surface area contributed by atoms with Crippen LogP contribution in [-0.2, 0) is 10.3 Å². The molecule has 3 rings (SSSR count). The van der Waals surface area contributed by atoms with Crippen LogP contribution in [0.2, 0.25) is 0 Å². The number of hydrogen-bond acceptors (Lipinski definition) is 6. The molecular formula is C15H19N3O3. The van der Waals surface area contributed by atoms with E-state index in [-0.39, 0.29) is 5.92 Å². The van der Waals surface area contributed by atoms with Crippen LogP contribution in [-0.4, -0.2) is 30.0 Å². The maximum Gasteiger partial charge on any atom is 0.237 e. The van der Waals surface area contributed by atoms with E-state index >= 15 is 0 Å². The molecule has 6 heteroatoms. The molecule has 0 amide bonds. The molecule has 2 aromatic rings. The highest BCUT2D eigenvalue weighted by atomic mass is 16.5. The van der Waals surface area contributed by atoms with Crippen molar-refractivity contribution in [2.45, 2.75) is 25.3 Å². The third-order valence-electron chi connectivity index (χ3n) is 3.56. The number of nitrogens with two attached hydrogens (primary N) is 1. The maximum atomic E-state index is 6.19. The summed E-state index contributed by atoms with van der Waals surface area (Å²) in [6.45, 7) is 5.20. The zero-order chi connectivity index (χ0) is 14.9. The molecule has 0 saturated carbocycles. The largest absolute Gasteiger partial charge is 0.492 e. The lowest BCUT2D eigenvalue weighted by Gasteiger charge is -2.19. The minimum absolute atomic E-state index is 0.0367. The molecule has 0 bridgehead atoms. The van der Waals surface area contributed by atoms with Crippen molar-refractivity contribution in [2.75, 3.05) is 19.8 Å². The fourth-order valence-corrected chi connectivity index (χ4v) is 2.35. The molecule has 0 fully saturated rings. The Bertz CT molecular complexity index is 624. The van der Waals surface area contributed by atoms with Crippen LogP contribution in [0.25, 0.3) is 0 Å². The van der Waals surface area contributed by atoms with E-state index in [1.807, 2.05) is 38.1 Å². The first-order valence-corrected chi connectivity index (χ1v) is 7.04. The van der Waals surface area contributed by atoms with Crippen molar-refractivity contribution in [2.24, 2.45) is 5.73 Å². The lowest BCUT2D eigenvalue weighted by molar-refractivity contribution is 0.0962. The summed E-state index contributed by atoms with van der Waals surface area (Å²) in [4.78, 5) is 4.45. The average Bonchev–Trinajstić information content (AvgIpc) is 3.11. The van der Waals surface area contributed by atoms with E-state index in [0.717, 1.165) is 11.3 Å². The third kappa shape index (κ3) is 2.64. The SMILES string of the molecule is CCOCC(C)(N)c1noc(C2COc3ccccc32)n1. The van der Waals surface area contributed by atoms with Gasteiger partial charge in [0.2, 0.25) is 5.89 Å². The summed E-state index contributed by atoms with van der Waals surface area (Å²) in [6, 6.07) is 7.87. The molecule has 0 radical (unpaired) electrons. The Hall–Kier alpha value is -1.92. The molecule has 6 nitrogen and oxygen atoms in total. The van der Waals surface area contributed by atoms with Gasteiger partial charge in [-0.1, -0.05) is 23.4 Å². The first kappa shape index (κ1) is 14.0. The monoisotopic (exact) mass is 289 g/mol. The van der Waals surface area contributed by atoms with Crippen LogP contribution in [0.1, 0.15) is 37.0 Å². The summed E-state index contributed by atoms with van der Waals surface area (Å²) in [7, 11) is 0. The lowest BCUT2D eigenvalue weighted by Crippen LogP contribution is -2.39. The summed E-state index contributed by atoms with van der Waals surface area (Å²) in [5.74, 6) is 1.82. The number of nitrogens with zero attached hydrogens (tertiary/aromatic N) is 2. The van der Waals surface area contributed by atoms with Gasteiger partial charge in [0, 0.05) is 12.2 Å². The number of aromatic nitrogens is 2. The van der Waals surface area contributed by atoms with Gasteiger partial charge < -0.3 is 19.7 Å². The minimum atomic E-state index is -0.767. The van der Waals surface area contributed by atoms with Gasteiger partial charge in [0.15, 0.2) is 5.82 Å². The Kier molecular flexibility index (Phi) is 3.65. The molecule has 1 aromatic heterocycles. The van der Waals surface area contributed by atoms with Gasteiger partial charge in [-0.25, -0.2) is 0 Å². The summed E-state index contributed by atoms with van der Waals surface area (Å²) in [5, 5.41) is 4.01. The van der Waals surface area contributed by atoms with Crippen LogP contribution in [0.4, 0.5) is 0 Å². The van der Waals surface area contributed by atoms with Gasteiger partial charge >= 0.3 is 0 Å². The fourth-order valence-electron chi connectivity index (χ4n) is 2.35. The highest BCUT2D eigenvalue weighted by Crippen LogP contribution is 2.37. The molecule has 1 aliphatic heterocycles. The van der Waals surface area contributed by atoms with E-state index in [1.165, 1.54) is 0 Å². The van der Waals surface area contributed by atoms with Crippen molar-refractivity contribution in [3.63, 3.8) is 0 Å². The van der Waals surface area contributed by atoms with Crippen molar-refractivity contribution >= 4 is 0 Å². The Morgan fingerprint density at radius 1 is 1.43 bits per heavy atom. The van der Waals surface area contributed by atoms with Gasteiger partial charge in [0.25, 0.3) is 0 Å². The number of para-hydroxylation sites is 1. The summed E-state index contributed by atoms with van der Waals surface area (Å²) >= 11 is 0. The van der Waals surface area contributed by atoms with E-state index in [1.54, 1.807) is 0 Å². The van der Waals surface area contributed by atoms with Crippen LogP contribution in [0.15, 0.2) is 28.8 Å². The molecule has 21 heavy (non-hydrogen) atoms. The first-order chi connectivity index (χ1) is 10.1. The second-order valence-corrected chi connectivity index (χ2v) is 5.41. The Labute approximate surface area is 123 Å². The molecule has 1 aromatic carbocycles. The molecule has 2 N–H and O–H groups in total. The highest BCUT2D eigenvalue weighted by molar-refractivity contribution is 5.42. The zero-order valence-electron chi connectivity index (χ0n) is 12.2. The standard InChI is InChI=1S/C15H19N3O3/c1-3-19-9-15(2,16)14-17-13(21-18-14)11-8-20-12-7-5-4-6-10(11)12/h4-7,11H,3,8-9,16H2,1-2H3. The van der Waals surface area contributed by atoms with E-state index in [4.69, 9.17) is 19.7 Å². The quantitative estimate of drug-likeness (QED) is 0.903. The predicted molar refractivity (Wildman–Crippen MR) is 76.1 cm³/mol.